The molecule has 5 rings (SSSR count). The van der Waals surface area contributed by atoms with Crippen LogP contribution in [0.15, 0.2) is 52.8 Å². The minimum Gasteiger partial charge on any atom is -0.451 e. The van der Waals surface area contributed by atoms with E-state index in [0.717, 1.165) is 5.39 Å². The van der Waals surface area contributed by atoms with Crippen molar-refractivity contribution >= 4 is 21.4 Å². The van der Waals surface area contributed by atoms with Gasteiger partial charge in [-0.15, -0.1) is 11.3 Å². The quantitative estimate of drug-likeness (QED) is 0.449. The molecule has 2 aromatic carbocycles. The second kappa shape index (κ2) is 7.00. The van der Waals surface area contributed by atoms with Crippen molar-refractivity contribution < 1.29 is 18.6 Å². The number of benzene rings is 2. The number of pyridine rings is 1. The van der Waals surface area contributed by atoms with E-state index in [2.05, 4.69) is 0 Å². The number of fused-ring (bicyclic) bond motifs is 1. The van der Waals surface area contributed by atoms with E-state index in [0.29, 0.717) is 39.8 Å². The van der Waals surface area contributed by atoms with Crippen LogP contribution in [0.3, 0.4) is 0 Å². The molecule has 1 aliphatic carbocycles. The van der Waals surface area contributed by atoms with Crippen LogP contribution in [0.2, 0.25) is 0 Å². The van der Waals surface area contributed by atoms with Gasteiger partial charge in [-0.1, -0.05) is 6.07 Å². The number of halogens is 2. The minimum atomic E-state index is -0.901. The molecule has 31 heavy (non-hydrogen) atoms. The van der Waals surface area contributed by atoms with E-state index in [1.165, 1.54) is 28.0 Å². The molecular formula is C24H19F2NO3S. The van der Waals surface area contributed by atoms with Crippen molar-refractivity contribution in [3.63, 3.8) is 0 Å². The molecule has 4 aromatic rings. The van der Waals surface area contributed by atoms with Gasteiger partial charge in [-0.3, -0.25) is 4.79 Å². The van der Waals surface area contributed by atoms with E-state index in [1.807, 2.05) is 11.4 Å². The highest BCUT2D eigenvalue weighted by molar-refractivity contribution is 7.17. The molecule has 2 aromatic heterocycles. The summed E-state index contributed by atoms with van der Waals surface area (Å²) in [5, 5.41) is 13.2. The van der Waals surface area contributed by atoms with Crippen molar-refractivity contribution in [3.8, 4) is 22.6 Å². The zero-order valence-corrected chi connectivity index (χ0v) is 17.7. The molecule has 1 fully saturated rings. The molecule has 2 heterocycles. The molecule has 0 bridgehead atoms. The van der Waals surface area contributed by atoms with Gasteiger partial charge in [-0.25, -0.2) is 8.78 Å². The summed E-state index contributed by atoms with van der Waals surface area (Å²) >= 11 is 1.33. The number of aliphatic hydroxyl groups is 1. The topological polar surface area (TPSA) is 51.5 Å². The SMILES string of the molecule is Cc1cc(F)c(Oc2ccc(C3(O)CC3)cc2-c2cn(C)c(=O)c3sccc23)c(F)c1. The third-order valence-corrected chi connectivity index (χ3v) is 6.58. The Morgan fingerprint density at radius 2 is 1.81 bits per heavy atom. The average Bonchev–Trinajstić information content (AvgIpc) is 3.28. The maximum atomic E-state index is 14.5. The van der Waals surface area contributed by atoms with E-state index in [4.69, 9.17) is 4.74 Å². The van der Waals surface area contributed by atoms with E-state index in [9.17, 15) is 18.7 Å². The van der Waals surface area contributed by atoms with Gasteiger partial charge in [0.2, 0.25) is 0 Å². The third kappa shape index (κ3) is 3.34. The van der Waals surface area contributed by atoms with Gasteiger partial charge in [0.05, 0.1) is 5.60 Å². The highest BCUT2D eigenvalue weighted by atomic mass is 32.1. The maximum absolute atomic E-state index is 14.5. The normalized spacial score (nSPS) is 14.7. The van der Waals surface area contributed by atoms with Gasteiger partial charge in [-0.2, -0.15) is 0 Å². The smallest absolute Gasteiger partial charge is 0.268 e. The zero-order chi connectivity index (χ0) is 21.9. The Hall–Kier alpha value is -3.03. The second-order valence-electron chi connectivity index (χ2n) is 8.02. The minimum absolute atomic E-state index is 0.121. The van der Waals surface area contributed by atoms with Crippen molar-refractivity contribution in [2.24, 2.45) is 7.05 Å². The fraction of sp³-hybridized carbons (Fsp3) is 0.208. The highest BCUT2D eigenvalue weighted by Gasteiger charge is 2.42. The predicted octanol–water partition coefficient (Wildman–Crippen LogP) is 5.63. The Balaban J connectivity index is 1.74. The first kappa shape index (κ1) is 19.9. The number of hydrogen-bond acceptors (Lipinski definition) is 4. The number of aryl methyl sites for hydroxylation is 2. The number of hydrogen-bond donors (Lipinski definition) is 1. The van der Waals surface area contributed by atoms with Crippen LogP contribution in [0.5, 0.6) is 11.5 Å². The van der Waals surface area contributed by atoms with Crippen LogP contribution in [-0.4, -0.2) is 9.67 Å². The lowest BCUT2D eigenvalue weighted by Gasteiger charge is -2.17. The van der Waals surface area contributed by atoms with Crippen molar-refractivity contribution in [1.29, 1.82) is 0 Å². The molecule has 0 spiro atoms. The van der Waals surface area contributed by atoms with Crippen molar-refractivity contribution in [2.45, 2.75) is 25.4 Å². The Kier molecular flexibility index (Phi) is 4.50. The van der Waals surface area contributed by atoms with Crippen molar-refractivity contribution in [3.05, 3.63) is 81.1 Å². The molecule has 0 atom stereocenters. The average molecular weight is 439 g/mol. The third-order valence-electron chi connectivity index (χ3n) is 5.68. The van der Waals surface area contributed by atoms with Crippen LogP contribution in [0.25, 0.3) is 21.2 Å². The standard InChI is InChI=1S/C24H19F2NO3S/c1-13-9-18(25)21(19(26)10-13)30-20-4-3-14(24(29)6-7-24)11-16(20)17-12-27(2)23(28)22-15(17)5-8-31-22/h3-5,8-12,29H,6-7H2,1-2H3. The van der Waals surface area contributed by atoms with E-state index >= 15 is 0 Å². The fourth-order valence-corrected chi connectivity index (χ4v) is 4.69. The van der Waals surface area contributed by atoms with Gasteiger partial charge >= 0.3 is 0 Å². The monoisotopic (exact) mass is 439 g/mol. The largest absolute Gasteiger partial charge is 0.451 e. The van der Waals surface area contributed by atoms with Crippen molar-refractivity contribution in [2.75, 3.05) is 0 Å². The summed E-state index contributed by atoms with van der Waals surface area (Å²) in [5.41, 5.74) is 1.37. The number of aromatic nitrogens is 1. The zero-order valence-electron chi connectivity index (χ0n) is 16.9. The molecule has 1 aliphatic rings. The summed E-state index contributed by atoms with van der Waals surface area (Å²) in [6.07, 6.45) is 2.98. The second-order valence-corrected chi connectivity index (χ2v) is 8.94. The Labute approximate surface area is 181 Å². The lowest BCUT2D eigenvalue weighted by atomic mass is 9.97. The van der Waals surface area contributed by atoms with Crippen LogP contribution in [0.4, 0.5) is 8.78 Å². The number of thiophene rings is 1. The van der Waals surface area contributed by atoms with Crippen LogP contribution >= 0.6 is 11.3 Å². The molecule has 7 heteroatoms. The fourth-order valence-electron chi connectivity index (χ4n) is 3.80. The molecule has 158 valence electrons. The van der Waals surface area contributed by atoms with E-state index in [-0.39, 0.29) is 11.3 Å². The summed E-state index contributed by atoms with van der Waals surface area (Å²) in [5.74, 6) is -1.85. The summed E-state index contributed by atoms with van der Waals surface area (Å²) < 4.78 is 36.8. The molecule has 1 N–H and O–H groups in total. The first-order valence-corrected chi connectivity index (χ1v) is 10.7. The van der Waals surface area contributed by atoms with Gasteiger partial charge in [0, 0.05) is 29.8 Å². The Bertz CT molecular complexity index is 1380. The molecule has 0 unspecified atom stereocenters. The molecule has 0 aliphatic heterocycles. The van der Waals surface area contributed by atoms with Crippen LogP contribution in [0.1, 0.15) is 24.0 Å². The van der Waals surface area contributed by atoms with E-state index in [1.54, 1.807) is 38.4 Å². The molecular weight excluding hydrogens is 420 g/mol. The summed E-state index contributed by atoms with van der Waals surface area (Å²) in [4.78, 5) is 12.5. The number of ether oxygens (including phenoxy) is 1. The molecule has 0 saturated heterocycles. The lowest BCUT2D eigenvalue weighted by molar-refractivity contribution is 0.151. The molecule has 0 amide bonds. The number of rotatable bonds is 4. The maximum Gasteiger partial charge on any atom is 0.268 e. The van der Waals surface area contributed by atoms with Gasteiger partial charge < -0.3 is 14.4 Å². The highest BCUT2D eigenvalue weighted by Crippen LogP contribution is 2.48. The van der Waals surface area contributed by atoms with Gasteiger partial charge in [0.15, 0.2) is 17.4 Å². The van der Waals surface area contributed by atoms with Crippen molar-refractivity contribution in [1.82, 2.24) is 4.57 Å². The molecule has 0 radical (unpaired) electrons. The van der Waals surface area contributed by atoms with Crippen LogP contribution in [0, 0.1) is 18.6 Å². The summed E-state index contributed by atoms with van der Waals surface area (Å²) in [7, 11) is 1.66. The van der Waals surface area contributed by atoms with Crippen LogP contribution < -0.4 is 10.3 Å². The number of nitrogens with zero attached hydrogens (tertiary/aromatic N) is 1. The molecule has 4 nitrogen and oxygen atoms in total. The first-order chi connectivity index (χ1) is 14.8. The summed E-state index contributed by atoms with van der Waals surface area (Å²) in [6, 6.07) is 9.37. The molecule has 1 saturated carbocycles. The van der Waals surface area contributed by atoms with Crippen LogP contribution in [-0.2, 0) is 12.6 Å². The Morgan fingerprint density at radius 1 is 1.10 bits per heavy atom. The predicted molar refractivity (Wildman–Crippen MR) is 117 cm³/mol. The summed E-state index contributed by atoms with van der Waals surface area (Å²) in [6.45, 7) is 1.60. The van der Waals surface area contributed by atoms with Gasteiger partial charge in [0.1, 0.15) is 10.4 Å². The van der Waals surface area contributed by atoms with Gasteiger partial charge in [0.25, 0.3) is 5.56 Å². The lowest BCUT2D eigenvalue weighted by Crippen LogP contribution is -2.15. The first-order valence-electron chi connectivity index (χ1n) is 9.84. The van der Waals surface area contributed by atoms with Gasteiger partial charge in [-0.05, 0) is 66.6 Å². The van der Waals surface area contributed by atoms with E-state index < -0.39 is 23.0 Å². The Morgan fingerprint density at radius 3 is 2.48 bits per heavy atom.